The monoisotopic (exact) mass is 482 g/mol. The largest absolute Gasteiger partial charge is 0.481 e. The second kappa shape index (κ2) is 9.26. The zero-order chi connectivity index (χ0) is 25.6. The van der Waals surface area contributed by atoms with E-state index in [4.69, 9.17) is 19.7 Å². The molecule has 4 aliphatic rings. The first kappa shape index (κ1) is 26.1. The fourth-order valence-corrected chi connectivity index (χ4v) is 5.60. The molecule has 10 heteroatoms. The lowest BCUT2D eigenvalue weighted by atomic mass is 9.95. The van der Waals surface area contributed by atoms with E-state index >= 15 is 0 Å². The molecule has 34 heavy (non-hydrogen) atoms. The molecule has 2 aliphatic carbocycles. The van der Waals surface area contributed by atoms with Crippen molar-refractivity contribution in [2.45, 2.75) is 90.5 Å². The second-order valence-electron chi connectivity index (χ2n) is 11.9. The van der Waals surface area contributed by atoms with E-state index < -0.39 is 23.1 Å². The molecule has 4 rings (SSSR count). The molecule has 192 valence electrons. The van der Waals surface area contributed by atoms with Gasteiger partial charge in [0.15, 0.2) is 0 Å². The van der Waals surface area contributed by atoms with E-state index in [-0.39, 0.29) is 47.9 Å². The lowest BCUT2D eigenvalue weighted by Gasteiger charge is -2.31. The Morgan fingerprint density at radius 1 is 0.647 bits per heavy atom. The van der Waals surface area contributed by atoms with Crippen molar-refractivity contribution in [2.24, 2.45) is 23.7 Å². The van der Waals surface area contributed by atoms with Crippen LogP contribution in [-0.4, -0.2) is 80.5 Å². The molecular weight excluding hydrogens is 444 g/mol. The number of likely N-dealkylation sites (tertiary alicyclic amines) is 2. The molecule has 6 atom stereocenters. The summed E-state index contributed by atoms with van der Waals surface area (Å²) in [6, 6.07) is 0.104. The lowest BCUT2D eigenvalue weighted by Crippen LogP contribution is -2.44. The van der Waals surface area contributed by atoms with E-state index in [1.165, 1.54) is 0 Å². The number of aliphatic carboxylic acids is 2. The van der Waals surface area contributed by atoms with Crippen molar-refractivity contribution in [3.05, 3.63) is 0 Å². The molecule has 0 aromatic rings. The van der Waals surface area contributed by atoms with Gasteiger partial charge in [0.2, 0.25) is 0 Å². The number of nitrogens with zero attached hydrogens (tertiary/aromatic N) is 2. The summed E-state index contributed by atoms with van der Waals surface area (Å²) in [4.78, 5) is 49.1. The predicted octanol–water partition coefficient (Wildman–Crippen LogP) is 3.43. The SMILES string of the molecule is CC(C)(C)OC(=O)N1C[C@@H]2C[C@H]1C[C@@H]2C(=O)O.CC(C)(C)OC(=O)N1C[C@H]2C[C@@H]1C[C@H]2C(=O)O. The summed E-state index contributed by atoms with van der Waals surface area (Å²) in [5, 5.41) is 18.0. The summed E-state index contributed by atoms with van der Waals surface area (Å²) in [5.74, 6) is -1.82. The van der Waals surface area contributed by atoms with Crippen molar-refractivity contribution in [1.82, 2.24) is 9.80 Å². The number of amides is 2. The number of rotatable bonds is 2. The van der Waals surface area contributed by atoms with Gasteiger partial charge in [-0.2, -0.15) is 0 Å². The van der Waals surface area contributed by atoms with E-state index in [2.05, 4.69) is 0 Å². The van der Waals surface area contributed by atoms with Crippen molar-refractivity contribution in [3.8, 4) is 0 Å². The van der Waals surface area contributed by atoms with Gasteiger partial charge in [-0.15, -0.1) is 0 Å². The number of carboxylic acid groups (broad SMARTS) is 2. The van der Waals surface area contributed by atoms with Crippen molar-refractivity contribution in [3.63, 3.8) is 0 Å². The summed E-state index contributed by atoms with van der Waals surface area (Å²) < 4.78 is 10.6. The summed E-state index contributed by atoms with van der Waals surface area (Å²) in [6.45, 7) is 12.0. The Bertz CT molecular complexity index is 762. The molecule has 0 radical (unpaired) electrons. The Labute approximate surface area is 200 Å². The van der Waals surface area contributed by atoms with Gasteiger partial charge in [-0.1, -0.05) is 0 Å². The molecule has 2 amide bonds. The van der Waals surface area contributed by atoms with Gasteiger partial charge < -0.3 is 29.5 Å². The molecule has 2 heterocycles. The Morgan fingerprint density at radius 3 is 1.18 bits per heavy atom. The quantitative estimate of drug-likeness (QED) is 0.611. The van der Waals surface area contributed by atoms with E-state index in [0.717, 1.165) is 12.8 Å². The third-order valence-electron chi connectivity index (χ3n) is 6.97. The van der Waals surface area contributed by atoms with E-state index in [1.54, 1.807) is 9.80 Å². The number of piperidine rings is 2. The molecule has 0 unspecified atom stereocenters. The molecular formula is C24H38N2O8. The maximum atomic E-state index is 11.9. The molecule has 2 saturated heterocycles. The number of carbonyl (C=O) groups excluding carboxylic acids is 2. The minimum atomic E-state index is -0.735. The van der Waals surface area contributed by atoms with E-state index in [9.17, 15) is 19.2 Å². The molecule has 2 aliphatic heterocycles. The maximum Gasteiger partial charge on any atom is 0.410 e. The summed E-state index contributed by atoms with van der Waals surface area (Å²) >= 11 is 0. The van der Waals surface area contributed by atoms with Gasteiger partial charge in [0.25, 0.3) is 0 Å². The highest BCUT2D eigenvalue weighted by molar-refractivity contribution is 5.74. The van der Waals surface area contributed by atoms with E-state index in [0.29, 0.717) is 25.9 Å². The minimum absolute atomic E-state index is 0.0518. The van der Waals surface area contributed by atoms with Crippen molar-refractivity contribution < 1.29 is 38.9 Å². The fraction of sp³-hybridized carbons (Fsp3) is 0.833. The van der Waals surface area contributed by atoms with Crippen molar-refractivity contribution in [2.75, 3.05) is 13.1 Å². The van der Waals surface area contributed by atoms with Gasteiger partial charge in [0.05, 0.1) is 11.8 Å². The Hall–Kier alpha value is -2.52. The van der Waals surface area contributed by atoms with Gasteiger partial charge in [-0.3, -0.25) is 9.59 Å². The van der Waals surface area contributed by atoms with Crippen LogP contribution in [0.2, 0.25) is 0 Å². The Morgan fingerprint density at radius 2 is 0.971 bits per heavy atom. The molecule has 2 saturated carbocycles. The van der Waals surface area contributed by atoms with Crippen LogP contribution in [0.1, 0.15) is 67.2 Å². The summed E-state index contributed by atoms with van der Waals surface area (Å²) in [6.07, 6.45) is 2.12. The number of ether oxygens (including phenoxy) is 2. The molecule has 0 aromatic heterocycles. The van der Waals surface area contributed by atoms with Gasteiger partial charge in [-0.05, 0) is 79.1 Å². The minimum Gasteiger partial charge on any atom is -0.481 e. The summed E-state index contributed by atoms with van der Waals surface area (Å²) in [7, 11) is 0. The van der Waals surface area contributed by atoms with Crippen LogP contribution in [-0.2, 0) is 19.1 Å². The third-order valence-corrected chi connectivity index (χ3v) is 6.97. The fourth-order valence-electron chi connectivity index (χ4n) is 5.60. The number of carboxylic acids is 2. The van der Waals surface area contributed by atoms with Gasteiger partial charge in [0.1, 0.15) is 11.2 Å². The smallest absolute Gasteiger partial charge is 0.410 e. The highest BCUT2D eigenvalue weighted by Crippen LogP contribution is 2.43. The maximum absolute atomic E-state index is 11.9. The average molecular weight is 483 g/mol. The van der Waals surface area contributed by atoms with Crippen LogP contribution in [0.25, 0.3) is 0 Å². The highest BCUT2D eigenvalue weighted by atomic mass is 16.6. The molecule has 10 nitrogen and oxygen atoms in total. The number of fused-ring (bicyclic) bond motifs is 4. The van der Waals surface area contributed by atoms with Crippen LogP contribution in [0, 0.1) is 23.7 Å². The zero-order valence-corrected chi connectivity index (χ0v) is 20.9. The highest BCUT2D eigenvalue weighted by Gasteiger charge is 2.51. The van der Waals surface area contributed by atoms with Gasteiger partial charge >= 0.3 is 24.1 Å². The van der Waals surface area contributed by atoms with Crippen LogP contribution < -0.4 is 0 Å². The van der Waals surface area contributed by atoms with Crippen LogP contribution in [0.4, 0.5) is 9.59 Å². The van der Waals surface area contributed by atoms with Crippen LogP contribution in [0.5, 0.6) is 0 Å². The molecule has 0 spiro atoms. The first-order valence-corrected chi connectivity index (χ1v) is 12.0. The van der Waals surface area contributed by atoms with Crippen LogP contribution >= 0.6 is 0 Å². The molecule has 2 N–H and O–H groups in total. The van der Waals surface area contributed by atoms with E-state index in [1.807, 2.05) is 41.5 Å². The third kappa shape index (κ3) is 5.93. The number of hydrogen-bond acceptors (Lipinski definition) is 6. The van der Waals surface area contributed by atoms with Gasteiger partial charge in [-0.25, -0.2) is 9.59 Å². The van der Waals surface area contributed by atoms with Gasteiger partial charge in [0, 0.05) is 25.2 Å². The predicted molar refractivity (Wildman–Crippen MR) is 121 cm³/mol. The molecule has 0 aromatic carbocycles. The van der Waals surface area contributed by atoms with Crippen LogP contribution in [0.15, 0.2) is 0 Å². The van der Waals surface area contributed by atoms with Crippen LogP contribution in [0.3, 0.4) is 0 Å². The number of hydrogen-bond donors (Lipinski definition) is 2. The second-order valence-corrected chi connectivity index (χ2v) is 11.9. The Kier molecular flexibility index (Phi) is 7.11. The molecule has 4 fully saturated rings. The lowest BCUT2D eigenvalue weighted by molar-refractivity contribution is -0.144. The van der Waals surface area contributed by atoms with Crippen molar-refractivity contribution in [1.29, 1.82) is 0 Å². The molecule has 4 bridgehead atoms. The normalized spacial score (nSPS) is 31.7. The topological polar surface area (TPSA) is 134 Å². The standard InChI is InChI=1S/2C12H19NO4/c2*1-12(2,3)17-11(16)13-6-7-4-8(13)5-9(7)10(14)15/h2*7-9H,4-6H2,1-3H3,(H,14,15)/t2*7-,8-,9-/m10/s1. The zero-order valence-electron chi connectivity index (χ0n) is 20.9. The average Bonchev–Trinajstić information content (AvgIpc) is 3.44. The summed E-state index contributed by atoms with van der Waals surface area (Å²) in [5.41, 5.74) is -0.990. The number of carbonyl (C=O) groups is 4. The Balaban J connectivity index is 0.000000191. The van der Waals surface area contributed by atoms with Crippen molar-refractivity contribution >= 4 is 24.1 Å². The first-order valence-electron chi connectivity index (χ1n) is 12.0. The first-order chi connectivity index (χ1) is 15.6.